The Balaban J connectivity index is 2.21. The van der Waals surface area contributed by atoms with Gasteiger partial charge in [0.05, 0.1) is 6.10 Å². The molecule has 0 unspecified atom stereocenters. The summed E-state index contributed by atoms with van der Waals surface area (Å²) in [7, 11) is 0. The molecule has 3 atom stereocenters. The fourth-order valence-corrected chi connectivity index (χ4v) is 2.25. The number of aliphatic hydroxyl groups excluding tert-OH is 1. The minimum absolute atomic E-state index is 0.0673. The molecule has 15 heavy (non-hydrogen) atoms. The first-order valence-electron chi connectivity index (χ1n) is 5.38. The smallest absolute Gasteiger partial charge is 0.338 e. The molecule has 2 N–H and O–H groups in total. The van der Waals surface area contributed by atoms with Crippen molar-refractivity contribution in [1.82, 2.24) is 0 Å². The van der Waals surface area contributed by atoms with Crippen LogP contribution < -0.4 is 0 Å². The van der Waals surface area contributed by atoms with Gasteiger partial charge in [0.1, 0.15) is 6.10 Å². The number of aliphatic hydroxyl groups is 2. The van der Waals surface area contributed by atoms with Crippen LogP contribution in [-0.2, 0) is 9.53 Å². The first-order valence-corrected chi connectivity index (χ1v) is 5.38. The van der Waals surface area contributed by atoms with E-state index in [2.05, 4.69) is 0 Å². The van der Waals surface area contributed by atoms with E-state index in [1.54, 1.807) is 0 Å². The summed E-state index contributed by atoms with van der Waals surface area (Å²) in [5, 5.41) is 19.6. The number of rotatable bonds is 2. The Labute approximate surface area is 88.6 Å². The van der Waals surface area contributed by atoms with Gasteiger partial charge < -0.3 is 14.9 Å². The lowest BCUT2D eigenvalue weighted by molar-refractivity contribution is -0.154. The monoisotopic (exact) mass is 212 g/mol. The second-order valence-corrected chi connectivity index (χ2v) is 4.34. The van der Waals surface area contributed by atoms with Gasteiger partial charge in [-0.2, -0.15) is 0 Å². The molecule has 2 bridgehead atoms. The fraction of sp³-hybridized carbons (Fsp3) is 0.727. The summed E-state index contributed by atoms with van der Waals surface area (Å²) in [6, 6.07) is 0. The molecule has 1 aliphatic carbocycles. The molecule has 1 aliphatic heterocycles. The van der Waals surface area contributed by atoms with E-state index in [-0.39, 0.29) is 6.42 Å². The van der Waals surface area contributed by atoms with Crippen LogP contribution in [0.5, 0.6) is 0 Å². The SMILES string of the molecule is CCCC=C1[C@H](O)C[C@]2(O)C[C@H]1OC2=O. The van der Waals surface area contributed by atoms with Crippen molar-refractivity contribution in [2.75, 3.05) is 0 Å². The lowest BCUT2D eigenvalue weighted by Gasteiger charge is -2.28. The highest BCUT2D eigenvalue weighted by molar-refractivity contribution is 5.83. The Morgan fingerprint density at radius 1 is 1.60 bits per heavy atom. The molecule has 0 radical (unpaired) electrons. The van der Waals surface area contributed by atoms with Crippen LogP contribution >= 0.6 is 0 Å². The van der Waals surface area contributed by atoms with Gasteiger partial charge in [-0.1, -0.05) is 19.4 Å². The first kappa shape index (κ1) is 10.6. The Morgan fingerprint density at radius 3 is 3.00 bits per heavy atom. The highest BCUT2D eigenvalue weighted by Gasteiger charge is 2.54. The summed E-state index contributed by atoms with van der Waals surface area (Å²) < 4.78 is 5.05. The van der Waals surface area contributed by atoms with Crippen LogP contribution in [0, 0.1) is 0 Å². The van der Waals surface area contributed by atoms with Crippen LogP contribution in [0.1, 0.15) is 32.6 Å². The predicted molar refractivity (Wildman–Crippen MR) is 53.1 cm³/mol. The molecule has 2 rings (SSSR count). The lowest BCUT2D eigenvalue weighted by Crippen LogP contribution is -2.42. The minimum atomic E-state index is -1.45. The zero-order valence-corrected chi connectivity index (χ0v) is 8.77. The van der Waals surface area contributed by atoms with Crippen LogP contribution in [0.2, 0.25) is 0 Å². The molecular formula is C11H16O4. The van der Waals surface area contributed by atoms with Gasteiger partial charge in [0.15, 0.2) is 5.60 Å². The fourth-order valence-electron chi connectivity index (χ4n) is 2.25. The highest BCUT2D eigenvalue weighted by atomic mass is 16.6. The lowest BCUT2D eigenvalue weighted by atomic mass is 9.80. The summed E-state index contributed by atoms with van der Waals surface area (Å²) in [6.45, 7) is 2.04. The van der Waals surface area contributed by atoms with Crippen molar-refractivity contribution in [2.24, 2.45) is 0 Å². The molecule has 84 valence electrons. The van der Waals surface area contributed by atoms with Gasteiger partial charge in [-0.15, -0.1) is 0 Å². The molecule has 0 spiro atoms. The minimum Gasteiger partial charge on any atom is -0.455 e. The van der Waals surface area contributed by atoms with E-state index in [1.165, 1.54) is 0 Å². The number of hydrogen-bond acceptors (Lipinski definition) is 4. The average molecular weight is 212 g/mol. The third kappa shape index (κ3) is 1.68. The third-order valence-corrected chi connectivity index (χ3v) is 3.11. The van der Waals surface area contributed by atoms with Crippen molar-refractivity contribution in [1.29, 1.82) is 0 Å². The Hall–Kier alpha value is -0.870. The van der Waals surface area contributed by atoms with Gasteiger partial charge in [-0.3, -0.25) is 0 Å². The van der Waals surface area contributed by atoms with Crippen LogP contribution in [0.25, 0.3) is 0 Å². The number of carbonyl (C=O) groups excluding carboxylic acids is 1. The summed E-state index contributed by atoms with van der Waals surface area (Å²) >= 11 is 0. The highest BCUT2D eigenvalue weighted by Crippen LogP contribution is 2.41. The number of hydrogen-bond donors (Lipinski definition) is 2. The van der Waals surface area contributed by atoms with Gasteiger partial charge >= 0.3 is 5.97 Å². The van der Waals surface area contributed by atoms with Crippen LogP contribution in [0.3, 0.4) is 0 Å². The molecule has 4 nitrogen and oxygen atoms in total. The van der Waals surface area contributed by atoms with Gasteiger partial charge in [0, 0.05) is 12.8 Å². The van der Waals surface area contributed by atoms with Crippen molar-refractivity contribution < 1.29 is 19.7 Å². The molecule has 0 aromatic rings. The van der Waals surface area contributed by atoms with E-state index < -0.39 is 23.8 Å². The second kappa shape index (κ2) is 3.61. The molecule has 4 heteroatoms. The normalized spacial score (nSPS) is 42.1. The van der Waals surface area contributed by atoms with Gasteiger partial charge in [0.2, 0.25) is 0 Å². The number of fused-ring (bicyclic) bond motifs is 2. The quantitative estimate of drug-likeness (QED) is 0.517. The topological polar surface area (TPSA) is 66.8 Å². The van der Waals surface area contributed by atoms with Crippen molar-refractivity contribution in [3.8, 4) is 0 Å². The Kier molecular flexibility index (Phi) is 2.56. The maximum Gasteiger partial charge on any atom is 0.338 e. The zero-order chi connectivity index (χ0) is 11.1. The number of carbonyl (C=O) groups is 1. The average Bonchev–Trinajstić information content (AvgIpc) is 2.39. The number of unbranched alkanes of at least 4 members (excludes halogenated alkanes) is 1. The van der Waals surface area contributed by atoms with E-state index in [0.717, 1.165) is 18.4 Å². The summed E-state index contributed by atoms with van der Waals surface area (Å²) in [5.41, 5.74) is -0.694. The van der Waals surface area contributed by atoms with E-state index in [0.29, 0.717) is 6.42 Å². The molecule has 1 heterocycles. The summed E-state index contributed by atoms with van der Waals surface area (Å²) in [5.74, 6) is -0.591. The van der Waals surface area contributed by atoms with Gasteiger partial charge in [-0.05, 0) is 12.0 Å². The second-order valence-electron chi connectivity index (χ2n) is 4.34. The van der Waals surface area contributed by atoms with Crippen molar-refractivity contribution in [2.45, 2.75) is 50.4 Å². The summed E-state index contributed by atoms with van der Waals surface area (Å²) in [6.07, 6.45) is 2.97. The molecule has 0 aromatic carbocycles. The molecule has 0 amide bonds. The van der Waals surface area contributed by atoms with Crippen LogP contribution in [-0.4, -0.2) is 34.0 Å². The molecule has 2 aliphatic rings. The molecule has 0 aromatic heterocycles. The molecular weight excluding hydrogens is 196 g/mol. The third-order valence-electron chi connectivity index (χ3n) is 3.11. The van der Waals surface area contributed by atoms with Crippen LogP contribution in [0.15, 0.2) is 11.6 Å². The zero-order valence-electron chi connectivity index (χ0n) is 8.77. The van der Waals surface area contributed by atoms with E-state index in [4.69, 9.17) is 4.74 Å². The van der Waals surface area contributed by atoms with Crippen LogP contribution in [0.4, 0.5) is 0 Å². The number of ether oxygens (including phenoxy) is 1. The van der Waals surface area contributed by atoms with Crippen molar-refractivity contribution in [3.63, 3.8) is 0 Å². The van der Waals surface area contributed by atoms with Crippen molar-refractivity contribution in [3.05, 3.63) is 11.6 Å². The standard InChI is InChI=1S/C11H16O4/c1-2-3-4-7-8(12)5-11(14)6-9(7)15-10(11)13/h4,8-9,12,14H,2-3,5-6H2,1H3/t8-,9-,11+/m1/s1. The Bertz CT molecular complexity index is 310. The van der Waals surface area contributed by atoms with Gasteiger partial charge in [-0.25, -0.2) is 4.79 Å². The maximum absolute atomic E-state index is 11.3. The van der Waals surface area contributed by atoms with E-state index >= 15 is 0 Å². The summed E-state index contributed by atoms with van der Waals surface area (Å²) in [4.78, 5) is 11.3. The maximum atomic E-state index is 11.3. The molecule has 2 fully saturated rings. The van der Waals surface area contributed by atoms with Gasteiger partial charge in [0.25, 0.3) is 0 Å². The predicted octanol–water partition coefficient (Wildman–Crippen LogP) is 0.524. The Morgan fingerprint density at radius 2 is 2.33 bits per heavy atom. The van der Waals surface area contributed by atoms with E-state index in [1.807, 2.05) is 13.0 Å². The van der Waals surface area contributed by atoms with E-state index in [9.17, 15) is 15.0 Å². The molecule has 1 saturated carbocycles. The largest absolute Gasteiger partial charge is 0.455 e. The number of allylic oxidation sites excluding steroid dienone is 1. The number of esters is 1. The first-order chi connectivity index (χ1) is 7.07. The molecule has 1 saturated heterocycles. The van der Waals surface area contributed by atoms with Crippen molar-refractivity contribution >= 4 is 5.97 Å².